The number of hydrogen-bond donors (Lipinski definition) is 0. The highest BCUT2D eigenvalue weighted by atomic mass is 35.5. The van der Waals surface area contributed by atoms with Crippen molar-refractivity contribution in [2.45, 2.75) is 6.54 Å². The molecule has 0 amide bonds. The van der Waals surface area contributed by atoms with Crippen LogP contribution in [0.4, 0.5) is 0 Å². The van der Waals surface area contributed by atoms with E-state index in [2.05, 4.69) is 5.10 Å². The molecule has 0 atom stereocenters. The summed E-state index contributed by atoms with van der Waals surface area (Å²) in [6.45, 7) is 0.843. The van der Waals surface area contributed by atoms with E-state index in [4.69, 9.17) is 21.1 Å². The summed E-state index contributed by atoms with van der Waals surface area (Å²) in [4.78, 5) is 12.2. The van der Waals surface area contributed by atoms with E-state index in [0.717, 1.165) is 0 Å². The summed E-state index contributed by atoms with van der Waals surface area (Å²) in [5.74, 6) is 0.424. The Bertz CT molecular complexity index is 569. The first-order valence-electron chi connectivity index (χ1n) is 6.13. The highest BCUT2D eigenvalue weighted by Crippen LogP contribution is 2.17. The van der Waals surface area contributed by atoms with Crippen LogP contribution in [-0.4, -0.2) is 35.9 Å². The molecule has 20 heavy (non-hydrogen) atoms. The lowest BCUT2D eigenvalue weighted by Crippen LogP contribution is -2.19. The Balaban J connectivity index is 2.03. The molecule has 0 saturated heterocycles. The number of ketones is 1. The largest absolute Gasteiger partial charge is 0.485 e. The van der Waals surface area contributed by atoms with Gasteiger partial charge in [0.25, 0.3) is 0 Å². The molecule has 5 nitrogen and oxygen atoms in total. The number of ether oxygens (including phenoxy) is 2. The Morgan fingerprint density at radius 1 is 1.35 bits per heavy atom. The van der Waals surface area contributed by atoms with Crippen molar-refractivity contribution in [2.24, 2.45) is 0 Å². The molecule has 2 rings (SSSR count). The second-order valence-electron chi connectivity index (χ2n) is 4.08. The number of halogens is 1. The van der Waals surface area contributed by atoms with E-state index < -0.39 is 0 Å². The minimum atomic E-state index is -0.215. The van der Waals surface area contributed by atoms with Gasteiger partial charge in [0.15, 0.2) is 6.61 Å². The van der Waals surface area contributed by atoms with Crippen molar-refractivity contribution in [3.8, 4) is 5.75 Å². The smallest absolute Gasteiger partial charge is 0.219 e. The fourth-order valence-corrected chi connectivity index (χ4v) is 1.97. The number of benzene rings is 1. The van der Waals surface area contributed by atoms with Crippen molar-refractivity contribution >= 4 is 17.4 Å². The zero-order valence-corrected chi connectivity index (χ0v) is 11.8. The molecule has 106 valence electrons. The van der Waals surface area contributed by atoms with E-state index >= 15 is 0 Å². The monoisotopic (exact) mass is 294 g/mol. The van der Waals surface area contributed by atoms with Crippen molar-refractivity contribution in [3.63, 3.8) is 0 Å². The van der Waals surface area contributed by atoms with Crippen LogP contribution in [0, 0.1) is 0 Å². The van der Waals surface area contributed by atoms with Gasteiger partial charge in [-0.3, -0.25) is 9.48 Å². The number of methoxy groups -OCH3 is 1. The molecule has 0 saturated carbocycles. The zero-order valence-electron chi connectivity index (χ0n) is 11.1. The summed E-state index contributed by atoms with van der Waals surface area (Å²) in [5.41, 5.74) is 0.347. The van der Waals surface area contributed by atoms with Gasteiger partial charge >= 0.3 is 0 Å². The number of carbonyl (C=O) groups is 1. The molecule has 0 unspecified atom stereocenters. The molecule has 2 aromatic rings. The lowest BCUT2D eigenvalue weighted by Gasteiger charge is -2.08. The van der Waals surface area contributed by atoms with Crippen LogP contribution >= 0.6 is 11.6 Å². The number of nitrogens with zero attached hydrogens (tertiary/aromatic N) is 2. The van der Waals surface area contributed by atoms with Crippen LogP contribution < -0.4 is 4.74 Å². The average Bonchev–Trinajstić information content (AvgIpc) is 2.84. The number of Topliss-reactive ketones (excluding diaryl/α,β-unsaturated/α-hetero) is 1. The van der Waals surface area contributed by atoms with Crippen LogP contribution in [0.3, 0.4) is 0 Å². The highest BCUT2D eigenvalue weighted by Gasteiger charge is 2.17. The van der Waals surface area contributed by atoms with Crippen molar-refractivity contribution in [3.05, 3.63) is 47.2 Å². The van der Waals surface area contributed by atoms with Gasteiger partial charge in [-0.15, -0.1) is 0 Å². The maximum absolute atomic E-state index is 12.2. The summed E-state index contributed by atoms with van der Waals surface area (Å²) in [5, 5.41) is 4.38. The third-order valence-electron chi connectivity index (χ3n) is 2.68. The Hall–Kier alpha value is -1.85. The molecule has 1 aromatic heterocycles. The first kappa shape index (κ1) is 14.6. The minimum absolute atomic E-state index is 0.0809. The van der Waals surface area contributed by atoms with Gasteiger partial charge < -0.3 is 9.47 Å². The standard InChI is InChI=1S/C14H15ClN2O3/c1-19-8-7-17-14(12(15)9-16-17)13(18)10-20-11-5-3-2-4-6-11/h2-6,9H,7-8,10H2,1H3. The van der Waals surface area contributed by atoms with Gasteiger partial charge in [-0.05, 0) is 12.1 Å². The van der Waals surface area contributed by atoms with E-state index in [1.807, 2.05) is 18.2 Å². The summed E-state index contributed by atoms with van der Waals surface area (Å²) in [7, 11) is 1.59. The van der Waals surface area contributed by atoms with Crippen LogP contribution in [0.5, 0.6) is 5.75 Å². The van der Waals surface area contributed by atoms with E-state index in [1.165, 1.54) is 10.9 Å². The van der Waals surface area contributed by atoms with Gasteiger partial charge in [-0.2, -0.15) is 5.10 Å². The SMILES string of the molecule is COCCn1ncc(Cl)c1C(=O)COc1ccccc1. The van der Waals surface area contributed by atoms with Crippen molar-refractivity contribution in [1.29, 1.82) is 0 Å². The van der Waals surface area contributed by atoms with E-state index in [-0.39, 0.29) is 12.4 Å². The number of carbonyl (C=O) groups excluding carboxylic acids is 1. The third kappa shape index (κ3) is 3.59. The normalized spacial score (nSPS) is 10.5. The number of rotatable bonds is 7. The van der Waals surface area contributed by atoms with Gasteiger partial charge in [-0.1, -0.05) is 29.8 Å². The van der Waals surface area contributed by atoms with E-state index in [9.17, 15) is 4.79 Å². The summed E-state index contributed by atoms with van der Waals surface area (Å²) >= 11 is 6.00. The van der Waals surface area contributed by atoms with Gasteiger partial charge in [0.05, 0.1) is 24.4 Å². The fourth-order valence-electron chi connectivity index (χ4n) is 1.72. The predicted molar refractivity (Wildman–Crippen MR) is 75.4 cm³/mol. The van der Waals surface area contributed by atoms with Crippen LogP contribution in [0.2, 0.25) is 5.02 Å². The average molecular weight is 295 g/mol. The Labute approximate surface area is 122 Å². The number of para-hydroxylation sites is 1. The first-order valence-corrected chi connectivity index (χ1v) is 6.51. The quantitative estimate of drug-likeness (QED) is 0.736. The Morgan fingerprint density at radius 2 is 2.10 bits per heavy atom. The molecule has 0 aliphatic carbocycles. The first-order chi connectivity index (χ1) is 9.72. The van der Waals surface area contributed by atoms with Crippen molar-refractivity contribution < 1.29 is 14.3 Å². The molecule has 1 heterocycles. The number of hydrogen-bond acceptors (Lipinski definition) is 4. The van der Waals surface area contributed by atoms with E-state index in [0.29, 0.717) is 29.6 Å². The molecule has 0 fully saturated rings. The summed E-state index contributed by atoms with van der Waals surface area (Å²) in [6.07, 6.45) is 1.45. The van der Waals surface area contributed by atoms with Gasteiger partial charge in [0, 0.05) is 7.11 Å². The lowest BCUT2D eigenvalue weighted by molar-refractivity contribution is 0.0907. The zero-order chi connectivity index (χ0) is 14.4. The summed E-state index contributed by atoms with van der Waals surface area (Å²) in [6, 6.07) is 9.14. The van der Waals surface area contributed by atoms with Crippen LogP contribution in [0.1, 0.15) is 10.5 Å². The predicted octanol–water partition coefficient (Wildman–Crippen LogP) is 2.44. The highest BCUT2D eigenvalue weighted by molar-refractivity contribution is 6.33. The topological polar surface area (TPSA) is 53.4 Å². The minimum Gasteiger partial charge on any atom is -0.485 e. The van der Waals surface area contributed by atoms with Crippen LogP contribution in [-0.2, 0) is 11.3 Å². The second kappa shape index (κ2) is 7.07. The molecule has 0 aliphatic heterocycles. The molecule has 0 N–H and O–H groups in total. The molecule has 6 heteroatoms. The second-order valence-corrected chi connectivity index (χ2v) is 4.49. The third-order valence-corrected chi connectivity index (χ3v) is 2.96. The van der Waals surface area contributed by atoms with Gasteiger partial charge in [0.2, 0.25) is 5.78 Å². The Morgan fingerprint density at radius 3 is 2.80 bits per heavy atom. The van der Waals surface area contributed by atoms with Crippen molar-refractivity contribution in [2.75, 3.05) is 20.3 Å². The Kier molecular flexibility index (Phi) is 5.15. The maximum Gasteiger partial charge on any atom is 0.219 e. The van der Waals surface area contributed by atoms with E-state index in [1.54, 1.807) is 19.2 Å². The number of aromatic nitrogens is 2. The van der Waals surface area contributed by atoms with Crippen LogP contribution in [0.15, 0.2) is 36.5 Å². The molecule has 0 radical (unpaired) electrons. The maximum atomic E-state index is 12.2. The molecular weight excluding hydrogens is 280 g/mol. The molecular formula is C14H15ClN2O3. The van der Waals surface area contributed by atoms with Gasteiger partial charge in [-0.25, -0.2) is 0 Å². The lowest BCUT2D eigenvalue weighted by atomic mass is 10.3. The van der Waals surface area contributed by atoms with Gasteiger partial charge in [0.1, 0.15) is 11.4 Å². The molecule has 0 spiro atoms. The summed E-state index contributed by atoms with van der Waals surface area (Å²) < 4.78 is 11.9. The van der Waals surface area contributed by atoms with Crippen molar-refractivity contribution in [1.82, 2.24) is 9.78 Å². The molecule has 1 aromatic carbocycles. The fraction of sp³-hybridized carbons (Fsp3) is 0.286. The molecule has 0 bridgehead atoms. The molecule has 0 aliphatic rings. The van der Waals surface area contributed by atoms with Crippen LogP contribution in [0.25, 0.3) is 0 Å².